The van der Waals surface area contributed by atoms with Gasteiger partial charge in [0.15, 0.2) is 0 Å². The van der Waals surface area contributed by atoms with Crippen molar-refractivity contribution in [3.63, 3.8) is 0 Å². The standard InChI is InChI=1S/C23H26N2O3/c1-16(23(26)24-21-7-5-6-8-22(21)28-4)25(2)15-17-9-10-19-14-20(27-3)12-11-18(19)13-17/h5-14,16H,15H2,1-4H3,(H,24,26). The van der Waals surface area contributed by atoms with Crippen LogP contribution in [0.4, 0.5) is 5.69 Å². The number of hydrogen-bond donors (Lipinski definition) is 1. The molecule has 146 valence electrons. The van der Waals surface area contributed by atoms with Crippen LogP contribution in [0.15, 0.2) is 60.7 Å². The predicted octanol–water partition coefficient (Wildman–Crippen LogP) is 4.32. The summed E-state index contributed by atoms with van der Waals surface area (Å²) in [6.45, 7) is 2.57. The monoisotopic (exact) mass is 378 g/mol. The second kappa shape index (κ2) is 8.76. The van der Waals surface area contributed by atoms with E-state index >= 15 is 0 Å². The molecule has 0 aliphatic rings. The average molecular weight is 378 g/mol. The molecular formula is C23H26N2O3. The molecule has 0 spiro atoms. The first-order chi connectivity index (χ1) is 13.5. The third-order valence-electron chi connectivity index (χ3n) is 4.95. The van der Waals surface area contributed by atoms with Gasteiger partial charge in [0.05, 0.1) is 25.9 Å². The molecule has 0 bridgehead atoms. The van der Waals surface area contributed by atoms with Gasteiger partial charge in [-0.15, -0.1) is 0 Å². The fourth-order valence-electron chi connectivity index (χ4n) is 3.11. The molecule has 0 aliphatic carbocycles. The molecule has 5 nitrogen and oxygen atoms in total. The summed E-state index contributed by atoms with van der Waals surface area (Å²) in [6, 6.07) is 19.5. The number of anilines is 1. The minimum atomic E-state index is -0.295. The number of hydrogen-bond acceptors (Lipinski definition) is 4. The third kappa shape index (κ3) is 4.43. The molecule has 1 atom stereocenters. The van der Waals surface area contributed by atoms with Gasteiger partial charge in [-0.05, 0) is 60.6 Å². The normalized spacial score (nSPS) is 12.0. The minimum absolute atomic E-state index is 0.0717. The molecule has 5 heteroatoms. The van der Waals surface area contributed by atoms with E-state index in [2.05, 4.69) is 29.6 Å². The van der Waals surface area contributed by atoms with Gasteiger partial charge < -0.3 is 14.8 Å². The van der Waals surface area contributed by atoms with Crippen molar-refractivity contribution in [2.45, 2.75) is 19.5 Å². The zero-order valence-corrected chi connectivity index (χ0v) is 16.7. The number of nitrogens with one attached hydrogen (secondary N) is 1. The van der Waals surface area contributed by atoms with E-state index in [4.69, 9.17) is 9.47 Å². The number of methoxy groups -OCH3 is 2. The maximum Gasteiger partial charge on any atom is 0.241 e. The first-order valence-corrected chi connectivity index (χ1v) is 9.22. The fourth-order valence-corrected chi connectivity index (χ4v) is 3.11. The highest BCUT2D eigenvalue weighted by Crippen LogP contribution is 2.24. The zero-order chi connectivity index (χ0) is 20.1. The van der Waals surface area contributed by atoms with Crippen molar-refractivity contribution in [2.24, 2.45) is 0 Å². The van der Waals surface area contributed by atoms with Crippen molar-refractivity contribution in [3.8, 4) is 11.5 Å². The first-order valence-electron chi connectivity index (χ1n) is 9.22. The van der Waals surface area contributed by atoms with Crippen LogP contribution in [0, 0.1) is 0 Å². The molecule has 0 saturated carbocycles. The quantitative estimate of drug-likeness (QED) is 0.665. The molecule has 0 radical (unpaired) electrons. The van der Waals surface area contributed by atoms with E-state index in [1.165, 1.54) is 0 Å². The van der Waals surface area contributed by atoms with Crippen LogP contribution in [-0.2, 0) is 11.3 Å². The lowest BCUT2D eigenvalue weighted by Gasteiger charge is -2.24. The number of amides is 1. The smallest absolute Gasteiger partial charge is 0.241 e. The Morgan fingerprint density at radius 3 is 2.46 bits per heavy atom. The van der Waals surface area contributed by atoms with Gasteiger partial charge in [0.25, 0.3) is 0 Å². The summed E-state index contributed by atoms with van der Waals surface area (Å²) >= 11 is 0. The summed E-state index contributed by atoms with van der Waals surface area (Å²) in [4.78, 5) is 14.7. The van der Waals surface area contributed by atoms with Crippen LogP contribution in [0.25, 0.3) is 10.8 Å². The van der Waals surface area contributed by atoms with Gasteiger partial charge in [-0.25, -0.2) is 0 Å². The van der Waals surface area contributed by atoms with Crippen LogP contribution in [0.5, 0.6) is 11.5 Å². The topological polar surface area (TPSA) is 50.8 Å². The lowest BCUT2D eigenvalue weighted by molar-refractivity contribution is -0.120. The summed E-state index contributed by atoms with van der Waals surface area (Å²) < 4.78 is 10.6. The number of fused-ring (bicyclic) bond motifs is 1. The molecular weight excluding hydrogens is 352 g/mol. The fraction of sp³-hybridized carbons (Fsp3) is 0.261. The molecule has 3 aromatic carbocycles. The Hall–Kier alpha value is -3.05. The van der Waals surface area contributed by atoms with E-state index in [9.17, 15) is 4.79 Å². The summed E-state index contributed by atoms with van der Waals surface area (Å²) in [5.74, 6) is 1.42. The number of ether oxygens (including phenoxy) is 2. The number of rotatable bonds is 7. The SMILES string of the molecule is COc1ccc2cc(CN(C)C(C)C(=O)Nc3ccccc3OC)ccc2c1. The first kappa shape index (κ1) is 19.7. The lowest BCUT2D eigenvalue weighted by atomic mass is 10.1. The van der Waals surface area contributed by atoms with Crippen LogP contribution < -0.4 is 14.8 Å². The van der Waals surface area contributed by atoms with E-state index in [1.807, 2.05) is 55.3 Å². The van der Waals surface area contributed by atoms with E-state index in [0.29, 0.717) is 18.0 Å². The predicted molar refractivity (Wildman–Crippen MR) is 113 cm³/mol. The van der Waals surface area contributed by atoms with Gasteiger partial charge in [-0.2, -0.15) is 0 Å². The number of nitrogens with zero attached hydrogens (tertiary/aromatic N) is 1. The molecule has 0 aromatic heterocycles. The summed E-state index contributed by atoms with van der Waals surface area (Å²) in [6.07, 6.45) is 0. The van der Waals surface area contributed by atoms with Gasteiger partial charge >= 0.3 is 0 Å². The molecule has 0 heterocycles. The van der Waals surface area contributed by atoms with Crippen LogP contribution in [-0.4, -0.2) is 38.1 Å². The maximum absolute atomic E-state index is 12.7. The highest BCUT2D eigenvalue weighted by atomic mass is 16.5. The number of carbonyl (C=O) groups excluding carboxylic acids is 1. The lowest BCUT2D eigenvalue weighted by Crippen LogP contribution is -2.39. The largest absolute Gasteiger partial charge is 0.497 e. The molecule has 3 aromatic rings. The highest BCUT2D eigenvalue weighted by Gasteiger charge is 2.19. The molecule has 1 amide bonds. The van der Waals surface area contributed by atoms with E-state index < -0.39 is 0 Å². The zero-order valence-electron chi connectivity index (χ0n) is 16.7. The second-order valence-corrected chi connectivity index (χ2v) is 6.83. The molecule has 0 saturated heterocycles. The Bertz CT molecular complexity index is 971. The highest BCUT2D eigenvalue weighted by molar-refractivity contribution is 5.95. The van der Waals surface area contributed by atoms with Crippen molar-refractivity contribution in [2.75, 3.05) is 26.6 Å². The molecule has 1 N–H and O–H groups in total. The van der Waals surface area contributed by atoms with Crippen LogP contribution in [0.1, 0.15) is 12.5 Å². The van der Waals surface area contributed by atoms with Crippen molar-refractivity contribution in [1.29, 1.82) is 0 Å². The van der Waals surface area contributed by atoms with E-state index in [1.54, 1.807) is 14.2 Å². The average Bonchev–Trinajstić information content (AvgIpc) is 2.73. The molecule has 0 fully saturated rings. The van der Waals surface area contributed by atoms with Crippen LogP contribution in [0.3, 0.4) is 0 Å². The minimum Gasteiger partial charge on any atom is -0.497 e. The number of carbonyl (C=O) groups is 1. The Kier molecular flexibility index (Phi) is 6.16. The van der Waals surface area contributed by atoms with Gasteiger partial charge in [0.2, 0.25) is 5.91 Å². The van der Waals surface area contributed by atoms with Crippen molar-refractivity contribution in [1.82, 2.24) is 4.90 Å². The van der Waals surface area contributed by atoms with Gasteiger partial charge in [0, 0.05) is 6.54 Å². The van der Waals surface area contributed by atoms with Crippen molar-refractivity contribution >= 4 is 22.4 Å². The van der Waals surface area contributed by atoms with Crippen molar-refractivity contribution in [3.05, 3.63) is 66.2 Å². The van der Waals surface area contributed by atoms with Crippen LogP contribution in [0.2, 0.25) is 0 Å². The molecule has 3 rings (SSSR count). The van der Waals surface area contributed by atoms with E-state index in [0.717, 1.165) is 22.1 Å². The maximum atomic E-state index is 12.7. The Morgan fingerprint density at radius 1 is 1.00 bits per heavy atom. The molecule has 0 aliphatic heterocycles. The van der Waals surface area contributed by atoms with Gasteiger partial charge in [-0.1, -0.05) is 30.3 Å². The van der Waals surface area contributed by atoms with Crippen LogP contribution >= 0.6 is 0 Å². The summed E-state index contributed by atoms with van der Waals surface area (Å²) in [5, 5.41) is 5.23. The number of benzene rings is 3. The molecule has 28 heavy (non-hydrogen) atoms. The summed E-state index contributed by atoms with van der Waals surface area (Å²) in [7, 11) is 5.21. The van der Waals surface area contributed by atoms with E-state index in [-0.39, 0.29) is 11.9 Å². The van der Waals surface area contributed by atoms with Gasteiger partial charge in [-0.3, -0.25) is 9.69 Å². The Balaban J connectivity index is 1.68. The second-order valence-electron chi connectivity index (χ2n) is 6.83. The number of para-hydroxylation sites is 2. The Morgan fingerprint density at radius 2 is 1.71 bits per heavy atom. The number of likely N-dealkylation sites (N-methyl/N-ethyl adjacent to an activating group) is 1. The van der Waals surface area contributed by atoms with Crippen molar-refractivity contribution < 1.29 is 14.3 Å². The Labute approximate surface area is 165 Å². The third-order valence-corrected chi connectivity index (χ3v) is 4.95. The summed E-state index contributed by atoms with van der Waals surface area (Å²) in [5.41, 5.74) is 1.83. The van der Waals surface area contributed by atoms with Gasteiger partial charge in [0.1, 0.15) is 11.5 Å². The molecule has 1 unspecified atom stereocenters.